The number of aryl methyl sites for hydroxylation is 1. The maximum absolute atomic E-state index is 13.6. The second kappa shape index (κ2) is 4.33. The second-order valence-corrected chi connectivity index (χ2v) is 3.75. The Morgan fingerprint density at radius 3 is 2.71 bits per heavy atom. The lowest BCUT2D eigenvalue weighted by molar-refractivity contribution is 0.0697. The predicted molar refractivity (Wildman–Crippen MR) is 61.3 cm³/mol. The van der Waals surface area contributed by atoms with Crippen LogP contribution in [0.4, 0.5) is 4.39 Å². The van der Waals surface area contributed by atoms with Crippen LogP contribution in [-0.2, 0) is 0 Å². The highest BCUT2D eigenvalue weighted by Gasteiger charge is 2.10. The molecule has 4 heteroatoms. The first-order chi connectivity index (χ1) is 8.08. The number of halogens is 1. The van der Waals surface area contributed by atoms with Crippen molar-refractivity contribution in [1.82, 2.24) is 4.98 Å². The van der Waals surface area contributed by atoms with Gasteiger partial charge < -0.3 is 5.11 Å². The summed E-state index contributed by atoms with van der Waals surface area (Å²) in [5, 5.41) is 8.86. The first kappa shape index (κ1) is 11.3. The summed E-state index contributed by atoms with van der Waals surface area (Å²) in [5.74, 6) is -1.53. The van der Waals surface area contributed by atoms with E-state index in [-0.39, 0.29) is 11.1 Å². The molecular formula is C13H10FNO2. The van der Waals surface area contributed by atoms with Gasteiger partial charge in [0.25, 0.3) is 0 Å². The van der Waals surface area contributed by atoms with Crippen molar-refractivity contribution in [3.8, 4) is 11.1 Å². The Bertz CT molecular complexity index is 581. The van der Waals surface area contributed by atoms with Gasteiger partial charge in [-0.1, -0.05) is 0 Å². The monoisotopic (exact) mass is 231 g/mol. The maximum Gasteiger partial charge on any atom is 0.335 e. The number of carboxylic acids is 1. The third kappa shape index (κ3) is 2.30. The average molecular weight is 231 g/mol. The Labute approximate surface area is 97.6 Å². The van der Waals surface area contributed by atoms with E-state index in [1.165, 1.54) is 18.3 Å². The Morgan fingerprint density at radius 1 is 1.29 bits per heavy atom. The molecule has 1 aromatic carbocycles. The van der Waals surface area contributed by atoms with E-state index in [4.69, 9.17) is 5.11 Å². The van der Waals surface area contributed by atoms with Gasteiger partial charge in [-0.15, -0.1) is 0 Å². The Balaban J connectivity index is 2.58. The van der Waals surface area contributed by atoms with Gasteiger partial charge in [0.1, 0.15) is 5.82 Å². The smallest absolute Gasteiger partial charge is 0.335 e. The molecule has 0 fully saturated rings. The minimum absolute atomic E-state index is 0.0582. The number of nitrogens with zero attached hydrogens (tertiary/aromatic N) is 1. The van der Waals surface area contributed by atoms with Gasteiger partial charge in [0.2, 0.25) is 0 Å². The van der Waals surface area contributed by atoms with Gasteiger partial charge in [-0.3, -0.25) is 4.98 Å². The molecule has 17 heavy (non-hydrogen) atoms. The summed E-state index contributed by atoms with van der Waals surface area (Å²) in [4.78, 5) is 14.8. The summed E-state index contributed by atoms with van der Waals surface area (Å²) in [6.45, 7) is 1.84. The van der Waals surface area contributed by atoms with E-state index in [0.717, 1.165) is 11.6 Å². The van der Waals surface area contributed by atoms with Gasteiger partial charge in [-0.25, -0.2) is 9.18 Å². The molecule has 3 nitrogen and oxygen atoms in total. The highest BCUT2D eigenvalue weighted by atomic mass is 19.1. The van der Waals surface area contributed by atoms with Crippen molar-refractivity contribution in [2.45, 2.75) is 6.92 Å². The van der Waals surface area contributed by atoms with Gasteiger partial charge in [0.05, 0.1) is 5.56 Å². The Morgan fingerprint density at radius 2 is 2.06 bits per heavy atom. The highest BCUT2D eigenvalue weighted by molar-refractivity contribution is 5.89. The van der Waals surface area contributed by atoms with Gasteiger partial charge in [0, 0.05) is 23.5 Å². The number of carboxylic acid groups (broad SMARTS) is 1. The molecule has 0 bridgehead atoms. The van der Waals surface area contributed by atoms with Crippen LogP contribution in [0.1, 0.15) is 15.9 Å². The molecule has 0 saturated heterocycles. The fourth-order valence-electron chi connectivity index (χ4n) is 1.58. The van der Waals surface area contributed by atoms with E-state index in [2.05, 4.69) is 4.98 Å². The molecule has 0 unspecified atom stereocenters. The SMILES string of the molecule is Cc1cncc(-c2cc(C(=O)O)ccc2F)c1. The Hall–Kier alpha value is -2.23. The molecule has 86 valence electrons. The van der Waals surface area contributed by atoms with Crippen LogP contribution < -0.4 is 0 Å². The van der Waals surface area contributed by atoms with Crippen molar-refractivity contribution < 1.29 is 14.3 Å². The van der Waals surface area contributed by atoms with E-state index >= 15 is 0 Å². The van der Waals surface area contributed by atoms with Gasteiger partial charge in [0.15, 0.2) is 0 Å². The van der Waals surface area contributed by atoms with Gasteiger partial charge in [-0.2, -0.15) is 0 Å². The molecule has 0 radical (unpaired) electrons. The average Bonchev–Trinajstić information content (AvgIpc) is 2.29. The number of aromatic carboxylic acids is 1. The maximum atomic E-state index is 13.6. The highest BCUT2D eigenvalue weighted by Crippen LogP contribution is 2.24. The second-order valence-electron chi connectivity index (χ2n) is 3.75. The number of benzene rings is 1. The fraction of sp³-hybridized carbons (Fsp3) is 0.0769. The van der Waals surface area contributed by atoms with E-state index in [1.54, 1.807) is 12.3 Å². The molecular weight excluding hydrogens is 221 g/mol. The summed E-state index contributed by atoms with van der Waals surface area (Å²) in [6.07, 6.45) is 3.17. The van der Waals surface area contributed by atoms with Crippen LogP contribution in [0.25, 0.3) is 11.1 Å². The molecule has 0 aliphatic heterocycles. The molecule has 0 atom stereocenters. The third-order valence-electron chi connectivity index (χ3n) is 2.40. The molecule has 0 spiro atoms. The molecule has 1 N–H and O–H groups in total. The van der Waals surface area contributed by atoms with Crippen molar-refractivity contribution >= 4 is 5.97 Å². The van der Waals surface area contributed by atoms with Crippen molar-refractivity contribution in [3.05, 3.63) is 53.6 Å². The van der Waals surface area contributed by atoms with Crippen LogP contribution in [0.2, 0.25) is 0 Å². The van der Waals surface area contributed by atoms with Crippen molar-refractivity contribution in [2.24, 2.45) is 0 Å². The third-order valence-corrected chi connectivity index (χ3v) is 2.40. The van der Waals surface area contributed by atoms with E-state index in [0.29, 0.717) is 5.56 Å². The Kier molecular flexibility index (Phi) is 2.87. The van der Waals surface area contributed by atoms with Crippen LogP contribution in [0.15, 0.2) is 36.7 Å². The van der Waals surface area contributed by atoms with Gasteiger partial charge >= 0.3 is 5.97 Å². The largest absolute Gasteiger partial charge is 0.478 e. The van der Waals surface area contributed by atoms with Crippen molar-refractivity contribution in [2.75, 3.05) is 0 Å². The normalized spacial score (nSPS) is 10.2. The standard InChI is InChI=1S/C13H10FNO2/c1-8-4-10(7-15-6-8)11-5-9(13(16)17)2-3-12(11)14/h2-7H,1H3,(H,16,17). The zero-order chi connectivity index (χ0) is 12.4. The van der Waals surface area contributed by atoms with Crippen LogP contribution >= 0.6 is 0 Å². The molecule has 1 heterocycles. The summed E-state index contributed by atoms with van der Waals surface area (Å²) < 4.78 is 13.6. The summed E-state index contributed by atoms with van der Waals surface area (Å²) in [6, 6.07) is 5.47. The zero-order valence-corrected chi connectivity index (χ0v) is 9.14. The number of hydrogen-bond acceptors (Lipinski definition) is 2. The summed E-state index contributed by atoms with van der Waals surface area (Å²) in [7, 11) is 0. The minimum Gasteiger partial charge on any atom is -0.478 e. The first-order valence-corrected chi connectivity index (χ1v) is 5.03. The van der Waals surface area contributed by atoms with Crippen LogP contribution in [0.3, 0.4) is 0 Å². The van der Waals surface area contributed by atoms with Crippen LogP contribution in [0, 0.1) is 12.7 Å². The number of pyridine rings is 1. The number of rotatable bonds is 2. The molecule has 0 amide bonds. The quantitative estimate of drug-likeness (QED) is 0.864. The first-order valence-electron chi connectivity index (χ1n) is 5.03. The van der Waals surface area contributed by atoms with E-state index in [9.17, 15) is 9.18 Å². The number of aromatic nitrogens is 1. The number of hydrogen-bond donors (Lipinski definition) is 1. The van der Waals surface area contributed by atoms with Crippen molar-refractivity contribution in [3.63, 3.8) is 0 Å². The van der Waals surface area contributed by atoms with Crippen molar-refractivity contribution in [1.29, 1.82) is 0 Å². The molecule has 2 rings (SSSR count). The zero-order valence-electron chi connectivity index (χ0n) is 9.14. The number of carbonyl (C=O) groups is 1. The summed E-state index contributed by atoms with van der Waals surface area (Å²) in [5.41, 5.74) is 1.78. The molecule has 2 aromatic rings. The molecule has 0 aliphatic rings. The topological polar surface area (TPSA) is 50.2 Å². The predicted octanol–water partition coefficient (Wildman–Crippen LogP) is 2.89. The fourth-order valence-corrected chi connectivity index (χ4v) is 1.58. The van der Waals surface area contributed by atoms with Crippen LogP contribution in [0.5, 0.6) is 0 Å². The molecule has 0 saturated carbocycles. The summed E-state index contributed by atoms with van der Waals surface area (Å²) >= 11 is 0. The van der Waals surface area contributed by atoms with Gasteiger partial charge in [-0.05, 0) is 36.8 Å². The van der Waals surface area contributed by atoms with Crippen LogP contribution in [-0.4, -0.2) is 16.1 Å². The minimum atomic E-state index is -1.08. The molecule has 0 aliphatic carbocycles. The lowest BCUT2D eigenvalue weighted by Crippen LogP contribution is -1.98. The van der Waals surface area contributed by atoms with E-state index < -0.39 is 11.8 Å². The molecule has 1 aromatic heterocycles. The lowest BCUT2D eigenvalue weighted by Gasteiger charge is -2.05. The lowest BCUT2D eigenvalue weighted by atomic mass is 10.0. The van der Waals surface area contributed by atoms with E-state index in [1.807, 2.05) is 6.92 Å².